The molecule has 0 aliphatic carbocycles. The third-order valence-corrected chi connectivity index (χ3v) is 3.51. The van der Waals surface area contributed by atoms with E-state index in [1.807, 2.05) is 0 Å². The van der Waals surface area contributed by atoms with Crippen molar-refractivity contribution in [1.29, 1.82) is 0 Å². The Morgan fingerprint density at radius 2 is 2.12 bits per heavy atom. The Morgan fingerprint density at radius 1 is 1.41 bits per heavy atom. The Bertz CT molecular complexity index is 501. The summed E-state index contributed by atoms with van der Waals surface area (Å²) in [5.74, 6) is -1.24. The van der Waals surface area contributed by atoms with Crippen molar-refractivity contribution in [3.8, 4) is 0 Å². The van der Waals surface area contributed by atoms with E-state index in [0.717, 1.165) is 0 Å². The largest absolute Gasteiger partial charge is 0.481 e. The Balaban J connectivity index is 2.57. The molecule has 0 bridgehead atoms. The van der Waals surface area contributed by atoms with Crippen molar-refractivity contribution in [2.24, 2.45) is 0 Å². The number of aliphatic carboxylic acids is 1. The van der Waals surface area contributed by atoms with Crippen molar-refractivity contribution >= 4 is 33.3 Å². The first kappa shape index (κ1) is 13.8. The molecule has 1 aromatic carbocycles. The standard InChI is InChI=1S/C10H12ClNO4S/c11-8-3-1-4-9(7-8)12-17(15,16)6-2-5-10(13)14/h1,3-4,7,12H,2,5-6H2,(H,13,14). The van der Waals surface area contributed by atoms with E-state index in [4.69, 9.17) is 16.7 Å². The number of carbonyl (C=O) groups is 1. The summed E-state index contributed by atoms with van der Waals surface area (Å²) in [6, 6.07) is 6.30. The molecule has 0 saturated heterocycles. The minimum atomic E-state index is -3.52. The number of hydrogen-bond acceptors (Lipinski definition) is 3. The van der Waals surface area contributed by atoms with Crippen LogP contribution >= 0.6 is 11.6 Å². The average Bonchev–Trinajstić information content (AvgIpc) is 2.15. The number of sulfonamides is 1. The van der Waals surface area contributed by atoms with Crippen molar-refractivity contribution in [3.05, 3.63) is 29.3 Å². The molecule has 0 aromatic heterocycles. The fraction of sp³-hybridized carbons (Fsp3) is 0.300. The minimum absolute atomic E-state index is 0.0746. The first-order chi connectivity index (χ1) is 7.89. The van der Waals surface area contributed by atoms with Crippen LogP contribution in [0.4, 0.5) is 5.69 Å². The molecule has 1 rings (SSSR count). The molecule has 0 atom stereocenters. The predicted octanol–water partition coefficient (Wildman–Crippen LogP) is 1.95. The van der Waals surface area contributed by atoms with Crippen LogP contribution in [0.1, 0.15) is 12.8 Å². The zero-order chi connectivity index (χ0) is 12.9. The first-order valence-corrected chi connectivity index (χ1v) is 6.90. The van der Waals surface area contributed by atoms with Crippen LogP contribution in [0.3, 0.4) is 0 Å². The monoisotopic (exact) mass is 277 g/mol. The van der Waals surface area contributed by atoms with Gasteiger partial charge in [-0.05, 0) is 24.6 Å². The van der Waals surface area contributed by atoms with Gasteiger partial charge in [0.05, 0.1) is 5.75 Å². The molecule has 0 unspecified atom stereocenters. The molecule has 0 amide bonds. The van der Waals surface area contributed by atoms with Crippen molar-refractivity contribution < 1.29 is 18.3 Å². The van der Waals surface area contributed by atoms with Crippen molar-refractivity contribution in [2.45, 2.75) is 12.8 Å². The van der Waals surface area contributed by atoms with E-state index in [1.165, 1.54) is 6.07 Å². The summed E-state index contributed by atoms with van der Waals surface area (Å²) in [5.41, 5.74) is 0.368. The maximum absolute atomic E-state index is 11.5. The van der Waals surface area contributed by atoms with Crippen molar-refractivity contribution in [3.63, 3.8) is 0 Å². The fourth-order valence-corrected chi connectivity index (χ4v) is 2.50. The van der Waals surface area contributed by atoms with Crippen LogP contribution in [0.15, 0.2) is 24.3 Å². The van der Waals surface area contributed by atoms with Crippen LogP contribution in [0.2, 0.25) is 5.02 Å². The summed E-state index contributed by atoms with van der Waals surface area (Å²) in [6.07, 6.45) is -0.0955. The van der Waals surface area contributed by atoms with Gasteiger partial charge in [0.2, 0.25) is 10.0 Å². The van der Waals surface area contributed by atoms with E-state index < -0.39 is 16.0 Å². The molecular weight excluding hydrogens is 266 g/mol. The number of benzene rings is 1. The van der Waals surface area contributed by atoms with Gasteiger partial charge in [-0.2, -0.15) is 0 Å². The maximum atomic E-state index is 11.5. The van der Waals surface area contributed by atoms with Crippen LogP contribution < -0.4 is 4.72 Å². The lowest BCUT2D eigenvalue weighted by atomic mass is 10.3. The van der Waals surface area contributed by atoms with Crippen LogP contribution in [0.5, 0.6) is 0 Å². The highest BCUT2D eigenvalue weighted by molar-refractivity contribution is 7.92. The topological polar surface area (TPSA) is 83.5 Å². The molecule has 0 heterocycles. The molecule has 0 aliphatic heterocycles. The van der Waals surface area contributed by atoms with Gasteiger partial charge in [-0.25, -0.2) is 8.42 Å². The minimum Gasteiger partial charge on any atom is -0.481 e. The molecular formula is C10H12ClNO4S. The zero-order valence-electron chi connectivity index (χ0n) is 8.89. The van der Waals surface area contributed by atoms with E-state index in [-0.39, 0.29) is 18.6 Å². The highest BCUT2D eigenvalue weighted by Gasteiger charge is 2.11. The second kappa shape index (κ2) is 5.88. The van der Waals surface area contributed by atoms with Gasteiger partial charge in [0.1, 0.15) is 0 Å². The average molecular weight is 278 g/mol. The SMILES string of the molecule is O=C(O)CCCS(=O)(=O)Nc1cccc(Cl)c1. The predicted molar refractivity (Wildman–Crippen MR) is 65.7 cm³/mol. The smallest absolute Gasteiger partial charge is 0.303 e. The molecule has 0 saturated carbocycles. The third-order valence-electron chi connectivity index (χ3n) is 1.90. The Hall–Kier alpha value is -1.27. The van der Waals surface area contributed by atoms with Crippen molar-refractivity contribution in [2.75, 3.05) is 10.5 Å². The summed E-state index contributed by atoms with van der Waals surface area (Å²) < 4.78 is 25.4. The van der Waals surface area contributed by atoms with Crippen LogP contribution in [-0.4, -0.2) is 25.2 Å². The molecule has 94 valence electrons. The molecule has 7 heteroatoms. The molecule has 2 N–H and O–H groups in total. The zero-order valence-corrected chi connectivity index (χ0v) is 10.5. The summed E-state index contributed by atoms with van der Waals surface area (Å²) >= 11 is 5.71. The summed E-state index contributed by atoms with van der Waals surface area (Å²) in [5, 5.41) is 8.83. The second-order valence-corrected chi connectivity index (χ2v) is 5.71. The van der Waals surface area contributed by atoms with Gasteiger partial charge in [-0.3, -0.25) is 9.52 Å². The van der Waals surface area contributed by atoms with Crippen LogP contribution in [0.25, 0.3) is 0 Å². The normalized spacial score (nSPS) is 11.1. The lowest BCUT2D eigenvalue weighted by molar-refractivity contribution is -0.137. The third kappa shape index (κ3) is 5.55. The Labute approximate surface area is 104 Å². The van der Waals surface area contributed by atoms with Gasteiger partial charge in [0.15, 0.2) is 0 Å². The number of halogens is 1. The molecule has 1 aromatic rings. The van der Waals surface area contributed by atoms with E-state index in [1.54, 1.807) is 18.2 Å². The van der Waals surface area contributed by atoms with Gasteiger partial charge in [0, 0.05) is 17.1 Å². The Kier molecular flexibility index (Phi) is 4.77. The molecule has 17 heavy (non-hydrogen) atoms. The lowest BCUT2D eigenvalue weighted by Gasteiger charge is -2.07. The molecule has 0 fully saturated rings. The van der Waals surface area contributed by atoms with Gasteiger partial charge in [-0.1, -0.05) is 17.7 Å². The summed E-state index contributed by atoms with van der Waals surface area (Å²) in [6.45, 7) is 0. The molecule has 0 aliphatic rings. The quantitative estimate of drug-likeness (QED) is 0.832. The van der Waals surface area contributed by atoms with E-state index >= 15 is 0 Å². The number of carboxylic acid groups (broad SMARTS) is 1. The van der Waals surface area contributed by atoms with Gasteiger partial charge in [0.25, 0.3) is 0 Å². The highest BCUT2D eigenvalue weighted by Crippen LogP contribution is 2.16. The maximum Gasteiger partial charge on any atom is 0.303 e. The van der Waals surface area contributed by atoms with Gasteiger partial charge in [-0.15, -0.1) is 0 Å². The van der Waals surface area contributed by atoms with Crippen LogP contribution in [-0.2, 0) is 14.8 Å². The molecule has 0 radical (unpaired) electrons. The number of nitrogens with one attached hydrogen (secondary N) is 1. The first-order valence-electron chi connectivity index (χ1n) is 4.87. The lowest BCUT2D eigenvalue weighted by Crippen LogP contribution is -2.17. The number of anilines is 1. The summed E-state index contributed by atoms with van der Waals surface area (Å²) in [4.78, 5) is 10.3. The number of rotatable bonds is 6. The van der Waals surface area contributed by atoms with E-state index in [0.29, 0.717) is 10.7 Å². The van der Waals surface area contributed by atoms with Crippen molar-refractivity contribution in [1.82, 2.24) is 0 Å². The van der Waals surface area contributed by atoms with E-state index in [2.05, 4.69) is 4.72 Å². The van der Waals surface area contributed by atoms with Gasteiger partial charge < -0.3 is 5.11 Å². The molecule has 0 spiro atoms. The molecule has 5 nitrogen and oxygen atoms in total. The number of carboxylic acids is 1. The fourth-order valence-electron chi connectivity index (χ4n) is 1.20. The van der Waals surface area contributed by atoms with Gasteiger partial charge >= 0.3 is 5.97 Å². The highest BCUT2D eigenvalue weighted by atomic mass is 35.5. The number of hydrogen-bond donors (Lipinski definition) is 2. The second-order valence-electron chi connectivity index (χ2n) is 3.43. The van der Waals surface area contributed by atoms with Crippen LogP contribution in [0, 0.1) is 0 Å². The van der Waals surface area contributed by atoms with E-state index in [9.17, 15) is 13.2 Å². The Morgan fingerprint density at radius 3 is 2.71 bits per heavy atom. The summed E-state index contributed by atoms with van der Waals surface area (Å²) in [7, 11) is -3.52.